The zero-order chi connectivity index (χ0) is 17.5. The molecule has 1 aliphatic carbocycles. The van der Waals surface area contributed by atoms with Crippen LogP contribution < -0.4 is 5.32 Å². The van der Waals surface area contributed by atoms with Crippen LogP contribution in [0.2, 0.25) is 0 Å². The molecule has 1 saturated carbocycles. The van der Waals surface area contributed by atoms with Crippen molar-refractivity contribution in [1.82, 2.24) is 15.2 Å². The highest BCUT2D eigenvalue weighted by Gasteiger charge is 2.15. The predicted octanol–water partition coefficient (Wildman–Crippen LogP) is 3.56. The lowest BCUT2D eigenvalue weighted by molar-refractivity contribution is -0.140. The predicted molar refractivity (Wildman–Crippen MR) is 96.2 cm³/mol. The molecule has 0 amide bonds. The fourth-order valence-electron chi connectivity index (χ4n) is 3.26. The van der Waals surface area contributed by atoms with Crippen molar-refractivity contribution in [2.45, 2.75) is 44.4 Å². The number of nitrogens with zero attached hydrogens (tertiary/aromatic N) is 3. The first-order valence-electron chi connectivity index (χ1n) is 8.87. The summed E-state index contributed by atoms with van der Waals surface area (Å²) in [5.41, 5.74) is 3.21. The number of nitrogens with one attached hydrogen (secondary N) is 1. The first-order valence-corrected chi connectivity index (χ1v) is 8.87. The number of carbonyl (C=O) groups excluding carboxylic acids is 1. The molecule has 0 aliphatic heterocycles. The molecule has 6 nitrogen and oxygen atoms in total. The Morgan fingerprint density at radius 1 is 1.20 bits per heavy atom. The van der Waals surface area contributed by atoms with Gasteiger partial charge in [0.2, 0.25) is 5.95 Å². The van der Waals surface area contributed by atoms with E-state index in [9.17, 15) is 4.79 Å². The van der Waals surface area contributed by atoms with Crippen LogP contribution in [0.15, 0.2) is 30.5 Å². The van der Waals surface area contributed by atoms with Crippen LogP contribution >= 0.6 is 0 Å². The third-order valence-corrected chi connectivity index (χ3v) is 4.68. The van der Waals surface area contributed by atoms with E-state index in [1.165, 1.54) is 44.8 Å². The summed E-state index contributed by atoms with van der Waals surface area (Å²) < 4.78 is 4.61. The zero-order valence-corrected chi connectivity index (χ0v) is 14.6. The van der Waals surface area contributed by atoms with Gasteiger partial charge >= 0.3 is 5.97 Å². The van der Waals surface area contributed by atoms with Gasteiger partial charge in [-0.05, 0) is 24.3 Å². The SMILES string of the molecule is COC(=O)CCNc1nncc(-c2ccc(C3CCCCC3)cc2)n1. The first kappa shape index (κ1) is 17.3. The van der Waals surface area contributed by atoms with Crippen molar-refractivity contribution in [2.24, 2.45) is 0 Å². The monoisotopic (exact) mass is 340 g/mol. The molecule has 1 fully saturated rings. The standard InChI is InChI=1S/C19H24N4O2/c1-25-18(24)11-12-20-19-22-17(13-21-23-19)16-9-7-15(8-10-16)14-5-3-2-4-6-14/h7-10,13-14H,2-6,11-12H2,1H3,(H,20,22,23). The number of benzene rings is 1. The average Bonchev–Trinajstić information content (AvgIpc) is 2.69. The van der Waals surface area contributed by atoms with Crippen molar-refractivity contribution in [1.29, 1.82) is 0 Å². The Morgan fingerprint density at radius 2 is 1.96 bits per heavy atom. The van der Waals surface area contributed by atoms with Crippen molar-refractivity contribution in [2.75, 3.05) is 19.0 Å². The Kier molecular flexibility index (Phi) is 5.93. The highest BCUT2D eigenvalue weighted by Crippen LogP contribution is 2.33. The minimum Gasteiger partial charge on any atom is -0.469 e. The second-order valence-corrected chi connectivity index (χ2v) is 6.38. The molecule has 1 aromatic carbocycles. The highest BCUT2D eigenvalue weighted by molar-refractivity contribution is 5.69. The summed E-state index contributed by atoms with van der Waals surface area (Å²) in [4.78, 5) is 15.6. The van der Waals surface area contributed by atoms with E-state index >= 15 is 0 Å². The van der Waals surface area contributed by atoms with Crippen LogP contribution in [0.3, 0.4) is 0 Å². The van der Waals surface area contributed by atoms with Crippen molar-refractivity contribution in [3.05, 3.63) is 36.0 Å². The lowest BCUT2D eigenvalue weighted by Crippen LogP contribution is -2.12. The number of carbonyl (C=O) groups is 1. The van der Waals surface area contributed by atoms with E-state index in [2.05, 4.69) is 49.5 Å². The van der Waals surface area contributed by atoms with Crippen LogP contribution in [-0.2, 0) is 9.53 Å². The molecule has 1 heterocycles. The summed E-state index contributed by atoms with van der Waals surface area (Å²) in [6, 6.07) is 8.62. The number of hydrogen-bond acceptors (Lipinski definition) is 6. The van der Waals surface area contributed by atoms with E-state index < -0.39 is 0 Å². The molecular weight excluding hydrogens is 316 g/mol. The Hall–Kier alpha value is -2.50. The third-order valence-electron chi connectivity index (χ3n) is 4.68. The summed E-state index contributed by atoms with van der Waals surface area (Å²) in [5.74, 6) is 0.842. The molecule has 3 rings (SSSR count). The number of hydrogen-bond donors (Lipinski definition) is 1. The second-order valence-electron chi connectivity index (χ2n) is 6.38. The van der Waals surface area contributed by atoms with Gasteiger partial charge in [0.1, 0.15) is 0 Å². The second kappa shape index (κ2) is 8.55. The van der Waals surface area contributed by atoms with Crippen LogP contribution in [0.25, 0.3) is 11.3 Å². The number of aromatic nitrogens is 3. The molecule has 1 aliphatic rings. The highest BCUT2D eigenvalue weighted by atomic mass is 16.5. The average molecular weight is 340 g/mol. The van der Waals surface area contributed by atoms with Crippen LogP contribution in [0.4, 0.5) is 5.95 Å². The molecule has 2 aromatic rings. The Labute approximate surface area is 148 Å². The number of anilines is 1. The first-order chi connectivity index (χ1) is 12.3. The molecule has 1 aromatic heterocycles. The number of ether oxygens (including phenoxy) is 1. The smallest absolute Gasteiger partial charge is 0.307 e. The van der Waals surface area contributed by atoms with Gasteiger partial charge in [-0.15, -0.1) is 5.10 Å². The van der Waals surface area contributed by atoms with Gasteiger partial charge in [0, 0.05) is 12.1 Å². The quantitative estimate of drug-likeness (QED) is 0.810. The molecule has 1 N–H and O–H groups in total. The fourth-order valence-corrected chi connectivity index (χ4v) is 3.26. The number of rotatable bonds is 6. The maximum atomic E-state index is 11.1. The summed E-state index contributed by atoms with van der Waals surface area (Å²) in [6.45, 7) is 0.415. The Morgan fingerprint density at radius 3 is 2.68 bits per heavy atom. The van der Waals surface area contributed by atoms with Crippen LogP contribution in [0, 0.1) is 0 Å². The molecule has 0 spiro atoms. The van der Waals surface area contributed by atoms with Gasteiger partial charge in [-0.3, -0.25) is 4.79 Å². The van der Waals surface area contributed by atoms with Gasteiger partial charge in [-0.1, -0.05) is 43.5 Å². The van der Waals surface area contributed by atoms with E-state index in [0.717, 1.165) is 11.3 Å². The van der Waals surface area contributed by atoms with Crippen LogP contribution in [0.5, 0.6) is 0 Å². The normalized spacial score (nSPS) is 14.9. The van der Waals surface area contributed by atoms with Gasteiger partial charge < -0.3 is 10.1 Å². The topological polar surface area (TPSA) is 77.0 Å². The summed E-state index contributed by atoms with van der Waals surface area (Å²) >= 11 is 0. The molecule has 0 bridgehead atoms. The van der Waals surface area contributed by atoms with Crippen LogP contribution in [-0.4, -0.2) is 34.8 Å². The third kappa shape index (κ3) is 4.75. The van der Waals surface area contributed by atoms with Gasteiger partial charge in [-0.25, -0.2) is 4.98 Å². The lowest BCUT2D eigenvalue weighted by atomic mass is 9.84. The molecule has 0 saturated heterocycles. The molecule has 6 heteroatoms. The van der Waals surface area contributed by atoms with Gasteiger partial charge in [0.25, 0.3) is 0 Å². The minimum atomic E-state index is -0.269. The van der Waals surface area contributed by atoms with Crippen molar-refractivity contribution in [3.63, 3.8) is 0 Å². The van der Waals surface area contributed by atoms with Gasteiger partial charge in [0.05, 0.1) is 25.4 Å². The van der Waals surface area contributed by atoms with Crippen molar-refractivity contribution < 1.29 is 9.53 Å². The molecule has 0 radical (unpaired) electrons. The van der Waals surface area contributed by atoms with E-state index in [1.54, 1.807) is 6.20 Å². The molecule has 132 valence electrons. The summed E-state index contributed by atoms with van der Waals surface area (Å²) in [6.07, 6.45) is 8.55. The maximum absolute atomic E-state index is 11.1. The molecular formula is C19H24N4O2. The summed E-state index contributed by atoms with van der Waals surface area (Å²) in [5, 5.41) is 11.0. The van der Waals surface area contributed by atoms with E-state index in [-0.39, 0.29) is 12.4 Å². The van der Waals surface area contributed by atoms with Gasteiger partial charge in [0.15, 0.2) is 0 Å². The van der Waals surface area contributed by atoms with Crippen LogP contribution in [0.1, 0.15) is 50.0 Å². The van der Waals surface area contributed by atoms with E-state index in [4.69, 9.17) is 0 Å². The lowest BCUT2D eigenvalue weighted by Gasteiger charge is -2.22. The van der Waals surface area contributed by atoms with E-state index in [1.807, 2.05) is 0 Å². The number of esters is 1. The van der Waals surface area contributed by atoms with Crippen molar-refractivity contribution >= 4 is 11.9 Å². The Bertz CT molecular complexity index is 697. The largest absolute Gasteiger partial charge is 0.469 e. The Balaban J connectivity index is 1.65. The van der Waals surface area contributed by atoms with Gasteiger partial charge in [-0.2, -0.15) is 5.10 Å². The maximum Gasteiger partial charge on any atom is 0.307 e. The van der Waals surface area contributed by atoms with E-state index in [0.29, 0.717) is 18.4 Å². The number of methoxy groups -OCH3 is 1. The molecule has 25 heavy (non-hydrogen) atoms. The van der Waals surface area contributed by atoms with Crippen molar-refractivity contribution in [3.8, 4) is 11.3 Å². The minimum absolute atomic E-state index is 0.264. The fraction of sp³-hybridized carbons (Fsp3) is 0.474. The summed E-state index contributed by atoms with van der Waals surface area (Å²) in [7, 11) is 1.37. The zero-order valence-electron chi connectivity index (χ0n) is 14.6. The molecule has 0 unspecified atom stereocenters. The molecule has 0 atom stereocenters.